The summed E-state index contributed by atoms with van der Waals surface area (Å²) in [6.07, 6.45) is 0.744. The molecule has 1 heterocycles. The van der Waals surface area contributed by atoms with Gasteiger partial charge in [-0.25, -0.2) is 8.42 Å². The van der Waals surface area contributed by atoms with Gasteiger partial charge < -0.3 is 4.42 Å². The first-order valence-corrected chi connectivity index (χ1v) is 7.93. The van der Waals surface area contributed by atoms with Gasteiger partial charge in [-0.1, -0.05) is 6.92 Å². The molecule has 0 fully saturated rings. The van der Waals surface area contributed by atoms with Crippen LogP contribution < -0.4 is 0 Å². The molecule has 4 nitrogen and oxygen atoms in total. The highest BCUT2D eigenvalue weighted by Crippen LogP contribution is 2.29. The van der Waals surface area contributed by atoms with Crippen LogP contribution in [0.1, 0.15) is 26.0 Å². The zero-order valence-electron chi connectivity index (χ0n) is 9.91. The molecule has 1 unspecified atom stereocenters. The molecule has 0 aliphatic heterocycles. The van der Waals surface area contributed by atoms with Gasteiger partial charge in [0.25, 0.3) is 0 Å². The molecular weight excluding hydrogens is 330 g/mol. The second-order valence-electron chi connectivity index (χ2n) is 3.76. The summed E-state index contributed by atoms with van der Waals surface area (Å²) in [5.74, 6) is 0.566. The van der Waals surface area contributed by atoms with Crippen molar-refractivity contribution in [3.63, 3.8) is 0 Å². The quantitative estimate of drug-likeness (QED) is 0.771. The van der Waals surface area contributed by atoms with Crippen LogP contribution in [-0.4, -0.2) is 25.8 Å². The second-order valence-corrected chi connectivity index (χ2v) is 6.72. The smallest absolute Gasteiger partial charge is 0.247 e. The molecule has 0 N–H and O–H groups in total. The maximum Gasteiger partial charge on any atom is 0.247 e. The zero-order chi connectivity index (χ0) is 13.2. The highest BCUT2D eigenvalue weighted by atomic mass is 79.9. The number of alkyl halides is 1. The van der Waals surface area contributed by atoms with E-state index < -0.39 is 10.0 Å². The standard InChI is InChI=1S/C10H15BrClNO3S/c1-4-7(2)13(3)17(14,15)9-5-8(6-12)16-10(9)11/h5,7H,4,6H2,1-3H3. The topological polar surface area (TPSA) is 50.5 Å². The molecule has 0 amide bonds. The summed E-state index contributed by atoms with van der Waals surface area (Å²) >= 11 is 8.71. The summed E-state index contributed by atoms with van der Waals surface area (Å²) < 4.78 is 31.3. The van der Waals surface area contributed by atoms with E-state index in [1.165, 1.54) is 10.4 Å². The molecule has 0 saturated carbocycles. The molecule has 0 saturated heterocycles. The maximum atomic E-state index is 12.3. The molecular formula is C10H15BrClNO3S. The average Bonchev–Trinajstić information content (AvgIpc) is 2.69. The third kappa shape index (κ3) is 3.05. The van der Waals surface area contributed by atoms with Gasteiger partial charge in [-0.15, -0.1) is 11.6 Å². The molecule has 0 aromatic carbocycles. The van der Waals surface area contributed by atoms with Crippen molar-refractivity contribution in [2.45, 2.75) is 37.1 Å². The van der Waals surface area contributed by atoms with Gasteiger partial charge >= 0.3 is 0 Å². The Morgan fingerprint density at radius 2 is 2.18 bits per heavy atom. The fourth-order valence-electron chi connectivity index (χ4n) is 1.29. The van der Waals surface area contributed by atoms with E-state index in [1.807, 2.05) is 13.8 Å². The lowest BCUT2D eigenvalue weighted by atomic mass is 10.3. The maximum absolute atomic E-state index is 12.3. The number of rotatable bonds is 5. The first-order chi connectivity index (χ1) is 7.84. The third-order valence-electron chi connectivity index (χ3n) is 2.71. The largest absolute Gasteiger partial charge is 0.452 e. The Kier molecular flexibility index (Phi) is 5.07. The van der Waals surface area contributed by atoms with Gasteiger partial charge in [0.1, 0.15) is 10.7 Å². The number of hydrogen-bond donors (Lipinski definition) is 0. The number of furan rings is 1. The number of sulfonamides is 1. The van der Waals surface area contributed by atoms with Crippen molar-refractivity contribution in [1.29, 1.82) is 0 Å². The molecule has 0 spiro atoms. The highest BCUT2D eigenvalue weighted by molar-refractivity contribution is 9.10. The van der Waals surface area contributed by atoms with E-state index >= 15 is 0 Å². The van der Waals surface area contributed by atoms with Crippen molar-refractivity contribution < 1.29 is 12.8 Å². The van der Waals surface area contributed by atoms with Crippen LogP contribution in [0.25, 0.3) is 0 Å². The summed E-state index contributed by atoms with van der Waals surface area (Å²) in [6, 6.07) is 1.38. The van der Waals surface area contributed by atoms with Gasteiger partial charge in [0, 0.05) is 19.2 Å². The molecule has 7 heteroatoms. The van der Waals surface area contributed by atoms with Crippen molar-refractivity contribution in [3.05, 3.63) is 16.5 Å². The summed E-state index contributed by atoms with van der Waals surface area (Å²) in [7, 11) is -1.98. The Morgan fingerprint density at radius 3 is 2.59 bits per heavy atom. The Morgan fingerprint density at radius 1 is 1.59 bits per heavy atom. The van der Waals surface area contributed by atoms with Crippen LogP contribution in [0, 0.1) is 0 Å². The van der Waals surface area contributed by atoms with Crippen molar-refractivity contribution in [2.75, 3.05) is 7.05 Å². The van der Waals surface area contributed by atoms with Crippen molar-refractivity contribution in [3.8, 4) is 0 Å². The van der Waals surface area contributed by atoms with Gasteiger partial charge in [0.15, 0.2) is 4.67 Å². The van der Waals surface area contributed by atoms with Crippen LogP contribution in [0.5, 0.6) is 0 Å². The van der Waals surface area contributed by atoms with Crippen molar-refractivity contribution in [1.82, 2.24) is 4.31 Å². The molecule has 0 radical (unpaired) electrons. The fourth-order valence-corrected chi connectivity index (χ4v) is 3.81. The Hall–Kier alpha value is -0.0400. The van der Waals surface area contributed by atoms with Crippen LogP contribution in [0.15, 0.2) is 20.0 Å². The summed E-state index contributed by atoms with van der Waals surface area (Å²) in [6.45, 7) is 3.79. The Balaban J connectivity index is 3.17. The van der Waals surface area contributed by atoms with E-state index in [4.69, 9.17) is 16.0 Å². The highest BCUT2D eigenvalue weighted by Gasteiger charge is 2.29. The van der Waals surface area contributed by atoms with Crippen molar-refractivity contribution in [2.24, 2.45) is 0 Å². The van der Waals surface area contributed by atoms with Gasteiger partial charge in [0.05, 0.1) is 5.88 Å². The predicted molar refractivity (Wildman–Crippen MR) is 70.7 cm³/mol. The number of halogens is 2. The van der Waals surface area contributed by atoms with E-state index in [1.54, 1.807) is 7.05 Å². The molecule has 17 heavy (non-hydrogen) atoms. The van der Waals surface area contributed by atoms with Crippen LogP contribution >= 0.6 is 27.5 Å². The summed E-state index contributed by atoms with van der Waals surface area (Å²) in [5, 5.41) is 0. The second kappa shape index (κ2) is 5.73. The normalized spacial score (nSPS) is 14.2. The molecule has 1 aromatic heterocycles. The van der Waals surface area contributed by atoms with E-state index in [0.29, 0.717) is 5.76 Å². The first kappa shape index (κ1) is 15.0. The van der Waals surface area contributed by atoms with Crippen LogP contribution in [0.4, 0.5) is 0 Å². The molecule has 1 atom stereocenters. The molecule has 1 rings (SSSR count). The Bertz CT molecular complexity index is 486. The lowest BCUT2D eigenvalue weighted by Crippen LogP contribution is -2.34. The SMILES string of the molecule is CCC(C)N(C)S(=O)(=O)c1cc(CCl)oc1Br. The monoisotopic (exact) mass is 343 g/mol. The summed E-state index contributed by atoms with van der Waals surface area (Å²) in [4.78, 5) is 0.121. The summed E-state index contributed by atoms with van der Waals surface area (Å²) in [5.41, 5.74) is 0. The van der Waals surface area contributed by atoms with E-state index in [0.717, 1.165) is 6.42 Å². The van der Waals surface area contributed by atoms with Gasteiger partial charge in [-0.2, -0.15) is 4.31 Å². The van der Waals surface area contributed by atoms with Gasteiger partial charge in [-0.05, 0) is 29.3 Å². The molecule has 0 aliphatic carbocycles. The number of nitrogens with zero attached hydrogens (tertiary/aromatic N) is 1. The Labute approximate surface area is 115 Å². The predicted octanol–water partition coefficient (Wildman–Crippen LogP) is 3.20. The average molecular weight is 345 g/mol. The van der Waals surface area contributed by atoms with E-state index in [9.17, 15) is 8.42 Å². The van der Waals surface area contributed by atoms with E-state index in [-0.39, 0.29) is 21.5 Å². The van der Waals surface area contributed by atoms with Gasteiger partial charge in [0.2, 0.25) is 10.0 Å². The lowest BCUT2D eigenvalue weighted by Gasteiger charge is -2.22. The van der Waals surface area contributed by atoms with Crippen LogP contribution in [0.3, 0.4) is 0 Å². The van der Waals surface area contributed by atoms with Crippen LogP contribution in [-0.2, 0) is 15.9 Å². The van der Waals surface area contributed by atoms with Crippen molar-refractivity contribution >= 4 is 37.6 Å². The van der Waals surface area contributed by atoms with Crippen LogP contribution in [0.2, 0.25) is 0 Å². The lowest BCUT2D eigenvalue weighted by molar-refractivity contribution is 0.379. The minimum absolute atomic E-state index is 0.0683. The van der Waals surface area contributed by atoms with Gasteiger partial charge in [-0.3, -0.25) is 0 Å². The first-order valence-electron chi connectivity index (χ1n) is 5.16. The molecule has 0 aliphatic rings. The number of hydrogen-bond acceptors (Lipinski definition) is 3. The zero-order valence-corrected chi connectivity index (χ0v) is 13.1. The molecule has 0 bridgehead atoms. The molecule has 98 valence electrons. The fraction of sp³-hybridized carbons (Fsp3) is 0.600. The van der Waals surface area contributed by atoms with E-state index in [2.05, 4.69) is 15.9 Å². The molecule has 1 aromatic rings. The minimum Gasteiger partial charge on any atom is -0.452 e. The third-order valence-corrected chi connectivity index (χ3v) is 5.80. The minimum atomic E-state index is -3.54.